The van der Waals surface area contributed by atoms with Gasteiger partial charge in [-0.2, -0.15) is 9.78 Å². The van der Waals surface area contributed by atoms with Crippen LogP contribution < -0.4 is 5.32 Å². The molecule has 122 valence electrons. The SMILES string of the molecule is CCOC(=O)Cc1ccc(NC(=O)n2ncc3ccccc32)cc1. The molecule has 0 aliphatic heterocycles. The van der Waals surface area contributed by atoms with Gasteiger partial charge in [-0.3, -0.25) is 4.79 Å². The summed E-state index contributed by atoms with van der Waals surface area (Å²) in [5, 5.41) is 7.80. The van der Waals surface area contributed by atoms with Crippen LogP contribution in [0.15, 0.2) is 54.7 Å². The maximum atomic E-state index is 12.4. The molecule has 0 bridgehead atoms. The highest BCUT2D eigenvalue weighted by atomic mass is 16.5. The number of hydrogen-bond donors (Lipinski definition) is 1. The molecule has 0 aliphatic carbocycles. The lowest BCUT2D eigenvalue weighted by molar-refractivity contribution is -0.142. The number of ether oxygens (including phenoxy) is 1. The molecule has 1 N–H and O–H groups in total. The van der Waals surface area contributed by atoms with E-state index in [1.165, 1.54) is 4.68 Å². The first-order valence-electron chi connectivity index (χ1n) is 7.66. The number of carbonyl (C=O) groups excluding carboxylic acids is 2. The second-order valence-electron chi connectivity index (χ2n) is 5.22. The molecule has 1 heterocycles. The van der Waals surface area contributed by atoms with E-state index >= 15 is 0 Å². The van der Waals surface area contributed by atoms with Crippen molar-refractivity contribution in [3.05, 3.63) is 60.3 Å². The predicted molar refractivity (Wildman–Crippen MR) is 90.9 cm³/mol. The van der Waals surface area contributed by atoms with Gasteiger partial charge < -0.3 is 10.1 Å². The molecule has 3 rings (SSSR count). The molecular weight excluding hydrogens is 306 g/mol. The van der Waals surface area contributed by atoms with Gasteiger partial charge in [-0.1, -0.05) is 30.3 Å². The zero-order valence-corrected chi connectivity index (χ0v) is 13.2. The van der Waals surface area contributed by atoms with Gasteiger partial charge in [0.05, 0.1) is 24.7 Å². The van der Waals surface area contributed by atoms with Crippen LogP contribution in [0.5, 0.6) is 0 Å². The number of fused-ring (bicyclic) bond motifs is 1. The van der Waals surface area contributed by atoms with Gasteiger partial charge >= 0.3 is 12.0 Å². The summed E-state index contributed by atoms with van der Waals surface area (Å²) < 4.78 is 6.23. The summed E-state index contributed by atoms with van der Waals surface area (Å²) in [6.07, 6.45) is 1.86. The molecular formula is C18H17N3O3. The highest BCUT2D eigenvalue weighted by molar-refractivity contribution is 5.97. The van der Waals surface area contributed by atoms with Crippen LogP contribution in [0.4, 0.5) is 10.5 Å². The van der Waals surface area contributed by atoms with Crippen molar-refractivity contribution in [1.29, 1.82) is 0 Å². The third kappa shape index (κ3) is 3.43. The minimum atomic E-state index is -0.339. The molecule has 0 unspecified atom stereocenters. The smallest absolute Gasteiger partial charge is 0.347 e. The van der Waals surface area contributed by atoms with Crippen LogP contribution in [-0.4, -0.2) is 28.4 Å². The zero-order chi connectivity index (χ0) is 16.9. The minimum absolute atomic E-state index is 0.214. The number of esters is 1. The number of amides is 1. The Kier molecular flexibility index (Phi) is 4.56. The second kappa shape index (κ2) is 6.95. The van der Waals surface area contributed by atoms with Crippen molar-refractivity contribution in [3.63, 3.8) is 0 Å². The van der Waals surface area contributed by atoms with E-state index in [0.717, 1.165) is 16.5 Å². The van der Waals surface area contributed by atoms with E-state index in [9.17, 15) is 9.59 Å². The summed E-state index contributed by atoms with van der Waals surface area (Å²) in [6, 6.07) is 14.2. The zero-order valence-electron chi connectivity index (χ0n) is 13.2. The van der Waals surface area contributed by atoms with Crippen molar-refractivity contribution in [2.24, 2.45) is 0 Å². The lowest BCUT2D eigenvalue weighted by atomic mass is 10.1. The van der Waals surface area contributed by atoms with E-state index in [1.54, 1.807) is 37.4 Å². The molecule has 0 spiro atoms. The van der Waals surface area contributed by atoms with Crippen molar-refractivity contribution in [2.75, 3.05) is 11.9 Å². The van der Waals surface area contributed by atoms with Crippen molar-refractivity contribution in [3.8, 4) is 0 Å². The Morgan fingerprint density at radius 1 is 1.12 bits per heavy atom. The van der Waals surface area contributed by atoms with Gasteiger partial charge in [0.25, 0.3) is 0 Å². The maximum absolute atomic E-state index is 12.4. The van der Waals surface area contributed by atoms with E-state index in [2.05, 4.69) is 10.4 Å². The van der Waals surface area contributed by atoms with Crippen LogP contribution in [0.25, 0.3) is 10.9 Å². The molecule has 6 nitrogen and oxygen atoms in total. The summed E-state index contributed by atoms with van der Waals surface area (Å²) in [6.45, 7) is 2.14. The topological polar surface area (TPSA) is 73.2 Å². The number of nitrogens with zero attached hydrogens (tertiary/aromatic N) is 2. The summed E-state index contributed by atoms with van der Waals surface area (Å²) in [5.74, 6) is -0.266. The van der Waals surface area contributed by atoms with Crippen molar-refractivity contribution in [1.82, 2.24) is 9.78 Å². The maximum Gasteiger partial charge on any atom is 0.347 e. The lowest BCUT2D eigenvalue weighted by Crippen LogP contribution is -2.20. The van der Waals surface area contributed by atoms with E-state index in [4.69, 9.17) is 4.74 Å². The molecule has 0 radical (unpaired) electrons. The Hall–Kier alpha value is -3.15. The molecule has 1 aromatic heterocycles. The number of para-hydroxylation sites is 1. The van der Waals surface area contributed by atoms with Crippen molar-refractivity contribution < 1.29 is 14.3 Å². The number of hydrogen-bond acceptors (Lipinski definition) is 4. The summed E-state index contributed by atoms with van der Waals surface area (Å²) in [4.78, 5) is 23.8. The molecule has 6 heteroatoms. The predicted octanol–water partition coefficient (Wildman–Crippen LogP) is 3.22. The van der Waals surface area contributed by atoms with Crippen LogP contribution in [-0.2, 0) is 16.0 Å². The summed E-state index contributed by atoms with van der Waals surface area (Å²) >= 11 is 0. The molecule has 1 amide bonds. The number of benzene rings is 2. The first-order chi connectivity index (χ1) is 11.7. The average molecular weight is 323 g/mol. The molecule has 0 fully saturated rings. The molecule has 0 atom stereocenters. The Bertz CT molecular complexity index is 869. The quantitative estimate of drug-likeness (QED) is 0.748. The van der Waals surface area contributed by atoms with E-state index in [1.807, 2.05) is 24.3 Å². The number of anilines is 1. The van der Waals surface area contributed by atoms with Gasteiger partial charge in [-0.05, 0) is 30.7 Å². The van der Waals surface area contributed by atoms with Crippen molar-refractivity contribution in [2.45, 2.75) is 13.3 Å². The van der Waals surface area contributed by atoms with Crippen LogP contribution in [0.3, 0.4) is 0 Å². The fourth-order valence-electron chi connectivity index (χ4n) is 2.39. The summed E-state index contributed by atoms with van der Waals surface area (Å²) in [5.41, 5.74) is 2.21. The number of rotatable bonds is 4. The number of nitrogens with one attached hydrogen (secondary N) is 1. The monoisotopic (exact) mass is 323 g/mol. The largest absolute Gasteiger partial charge is 0.466 e. The Balaban J connectivity index is 1.69. The van der Waals surface area contributed by atoms with E-state index in [-0.39, 0.29) is 18.4 Å². The highest BCUT2D eigenvalue weighted by Crippen LogP contribution is 2.15. The normalized spacial score (nSPS) is 10.5. The second-order valence-corrected chi connectivity index (χ2v) is 5.22. The summed E-state index contributed by atoms with van der Waals surface area (Å²) in [7, 11) is 0. The first kappa shape index (κ1) is 15.7. The van der Waals surface area contributed by atoms with E-state index < -0.39 is 0 Å². The Morgan fingerprint density at radius 3 is 2.62 bits per heavy atom. The highest BCUT2D eigenvalue weighted by Gasteiger charge is 2.10. The first-order valence-corrected chi connectivity index (χ1v) is 7.66. The standard InChI is InChI=1S/C18H17N3O3/c1-2-24-17(22)11-13-7-9-15(10-8-13)20-18(23)21-16-6-4-3-5-14(16)12-19-21/h3-10,12H,2,11H2,1H3,(H,20,23). The number of aromatic nitrogens is 2. The van der Waals surface area contributed by atoms with Gasteiger partial charge in [0, 0.05) is 11.1 Å². The molecule has 24 heavy (non-hydrogen) atoms. The molecule has 2 aromatic carbocycles. The molecule has 3 aromatic rings. The average Bonchev–Trinajstić information content (AvgIpc) is 3.01. The van der Waals surface area contributed by atoms with Gasteiger partial charge in [0.1, 0.15) is 0 Å². The third-order valence-electron chi connectivity index (χ3n) is 3.53. The third-order valence-corrected chi connectivity index (χ3v) is 3.53. The van der Waals surface area contributed by atoms with Crippen LogP contribution in [0.2, 0.25) is 0 Å². The number of carbonyl (C=O) groups is 2. The van der Waals surface area contributed by atoms with Gasteiger partial charge in [-0.25, -0.2) is 4.79 Å². The molecule has 0 saturated carbocycles. The van der Waals surface area contributed by atoms with Gasteiger partial charge in [-0.15, -0.1) is 0 Å². The van der Waals surface area contributed by atoms with Crippen LogP contribution in [0.1, 0.15) is 12.5 Å². The lowest BCUT2D eigenvalue weighted by Gasteiger charge is -2.07. The minimum Gasteiger partial charge on any atom is -0.466 e. The van der Waals surface area contributed by atoms with Crippen LogP contribution >= 0.6 is 0 Å². The van der Waals surface area contributed by atoms with Crippen LogP contribution in [0, 0.1) is 0 Å². The fourth-order valence-corrected chi connectivity index (χ4v) is 2.39. The molecule has 0 saturated heterocycles. The fraction of sp³-hybridized carbons (Fsp3) is 0.167. The van der Waals surface area contributed by atoms with Gasteiger partial charge in [0.15, 0.2) is 0 Å². The van der Waals surface area contributed by atoms with E-state index in [0.29, 0.717) is 12.3 Å². The Labute approximate surface area is 139 Å². The van der Waals surface area contributed by atoms with Gasteiger partial charge in [0.2, 0.25) is 0 Å². The van der Waals surface area contributed by atoms with Crippen molar-refractivity contribution >= 4 is 28.6 Å². The molecule has 0 aliphatic rings. The Morgan fingerprint density at radius 2 is 1.88 bits per heavy atom.